The molecule has 0 saturated carbocycles. The highest BCUT2D eigenvalue weighted by Gasteiger charge is 2.40. The van der Waals surface area contributed by atoms with Crippen molar-refractivity contribution in [1.29, 1.82) is 0 Å². The number of aromatic nitrogens is 1. The molecule has 1 spiro atoms. The van der Waals surface area contributed by atoms with Gasteiger partial charge in [0, 0.05) is 80.6 Å². The van der Waals surface area contributed by atoms with Crippen molar-refractivity contribution in [3.05, 3.63) is 48.5 Å². The number of halogens is 1. The largest absolute Gasteiger partial charge is 0.381 e. The van der Waals surface area contributed by atoms with Gasteiger partial charge in [0.25, 0.3) is 0 Å². The van der Waals surface area contributed by atoms with Gasteiger partial charge in [-0.05, 0) is 62.4 Å². The Balaban J connectivity index is 0.000000241. The number of H-pyrrole nitrogens is 1. The number of amides is 1. The molecule has 0 aliphatic carbocycles. The zero-order valence-corrected chi connectivity index (χ0v) is 25.3. The second-order valence-corrected chi connectivity index (χ2v) is 13.0. The summed E-state index contributed by atoms with van der Waals surface area (Å²) in [5, 5.41) is 1.14. The molecule has 212 valence electrons. The molecule has 0 radical (unpaired) electrons. The molecule has 4 saturated heterocycles. The first-order chi connectivity index (χ1) is 18.5. The molecular weight excluding hydrogens is 627 g/mol. The summed E-state index contributed by atoms with van der Waals surface area (Å²) in [5.74, 6) is 0. The molecule has 5 heterocycles. The summed E-state index contributed by atoms with van der Waals surface area (Å²) in [4.78, 5) is 18.5. The molecule has 2 aromatic carbocycles. The summed E-state index contributed by atoms with van der Waals surface area (Å²) < 4.78 is 32.7. The van der Waals surface area contributed by atoms with Gasteiger partial charge in [0.15, 0.2) is 0 Å². The number of para-hydroxylation sites is 1. The Morgan fingerprint density at radius 1 is 0.949 bits per heavy atom. The minimum Gasteiger partial charge on any atom is -0.381 e. The maximum absolute atomic E-state index is 12.9. The van der Waals surface area contributed by atoms with Crippen molar-refractivity contribution in [3.63, 3.8) is 0 Å². The molecule has 1 aromatic heterocycles. The number of anilines is 1. The quantitative estimate of drug-likeness (QED) is 0.308. The molecule has 1 atom stereocenters. The number of rotatable bonds is 5. The topological polar surface area (TPSA) is 86.0 Å². The lowest BCUT2D eigenvalue weighted by Crippen LogP contribution is -2.41. The van der Waals surface area contributed by atoms with Gasteiger partial charge in [-0.2, -0.15) is 4.31 Å². The van der Waals surface area contributed by atoms with Crippen LogP contribution < -0.4 is 4.90 Å². The van der Waals surface area contributed by atoms with Crippen LogP contribution in [0.1, 0.15) is 33.5 Å². The number of hydrogen-bond donors (Lipinski definition) is 1. The van der Waals surface area contributed by atoms with Crippen LogP contribution in [0.25, 0.3) is 22.2 Å². The van der Waals surface area contributed by atoms with Crippen LogP contribution >= 0.6 is 24.0 Å². The van der Waals surface area contributed by atoms with Crippen LogP contribution in [0.4, 0.5) is 5.69 Å². The van der Waals surface area contributed by atoms with Crippen LogP contribution in [0.2, 0.25) is 0 Å². The van der Waals surface area contributed by atoms with Crippen molar-refractivity contribution in [2.24, 2.45) is 5.41 Å². The third-order valence-corrected chi connectivity index (χ3v) is 10.4. The monoisotopic (exact) mass is 666 g/mol. The fourth-order valence-electron chi connectivity index (χ4n) is 6.05. The van der Waals surface area contributed by atoms with Gasteiger partial charge in [-0.3, -0.25) is 4.79 Å². The molecule has 4 aliphatic rings. The van der Waals surface area contributed by atoms with E-state index < -0.39 is 10.0 Å². The summed E-state index contributed by atoms with van der Waals surface area (Å²) in [5.41, 5.74) is 4.45. The van der Waals surface area contributed by atoms with Crippen molar-refractivity contribution in [2.45, 2.75) is 37.0 Å². The second kappa shape index (κ2) is 11.8. The average molecular weight is 667 g/mol. The van der Waals surface area contributed by atoms with Gasteiger partial charge in [-0.25, -0.2) is 8.42 Å². The number of ether oxygens (including phenoxy) is 1. The number of carbonyl (C=O) groups excluding carboxylic acids is 1. The highest BCUT2D eigenvalue weighted by atomic mass is 127. The van der Waals surface area contributed by atoms with Crippen molar-refractivity contribution in [3.8, 4) is 11.3 Å². The number of carbonyl (C=O) groups is 1. The third kappa shape index (κ3) is 5.71. The molecule has 10 heteroatoms. The Labute approximate surface area is 249 Å². The number of sulfonamides is 1. The van der Waals surface area contributed by atoms with Crippen LogP contribution in [0.15, 0.2) is 53.4 Å². The molecule has 1 amide bonds. The van der Waals surface area contributed by atoms with Gasteiger partial charge in [-0.1, -0.05) is 18.2 Å². The predicted octanol–water partition coefficient (Wildman–Crippen LogP) is 4.95. The predicted molar refractivity (Wildman–Crippen MR) is 166 cm³/mol. The lowest BCUT2D eigenvalue weighted by atomic mass is 9.87. The average Bonchev–Trinajstić information content (AvgIpc) is 3.71. The van der Waals surface area contributed by atoms with Gasteiger partial charge in [0.1, 0.15) is 0 Å². The standard InChI is InChI=1S/C21H23N3O2S.C8H13NO2.HI.H2/c25-27(26,24-12-5-13-24)17-8-9-21(23-10-3-4-11-23)18(15-17)20-14-16-6-1-2-7-19(16)22-20;10-7-9-3-1-8(5-9)2-4-11-6-8;;/h1-2,6-9,14-15,22H,3-5,10-13H2;7H,1-6H2;2*1H. The number of fused-ring (bicyclic) bond motifs is 1. The Morgan fingerprint density at radius 2 is 1.74 bits per heavy atom. The fourth-order valence-corrected chi connectivity index (χ4v) is 7.60. The van der Waals surface area contributed by atoms with E-state index in [0.29, 0.717) is 23.4 Å². The van der Waals surface area contributed by atoms with E-state index in [9.17, 15) is 13.2 Å². The molecule has 39 heavy (non-hydrogen) atoms. The number of aromatic amines is 1. The Hall–Kier alpha value is -2.15. The second-order valence-electron chi connectivity index (χ2n) is 11.0. The Bertz CT molecular complexity index is 1380. The molecular formula is C29H39IN4O4S. The van der Waals surface area contributed by atoms with E-state index in [2.05, 4.69) is 28.1 Å². The lowest BCUT2D eigenvalue weighted by molar-refractivity contribution is -0.117. The summed E-state index contributed by atoms with van der Waals surface area (Å²) in [6.45, 7) is 6.86. The van der Waals surface area contributed by atoms with Crippen LogP contribution in [0, 0.1) is 5.41 Å². The first-order valence-electron chi connectivity index (χ1n) is 13.7. The van der Waals surface area contributed by atoms with Gasteiger partial charge in [0.05, 0.1) is 11.5 Å². The van der Waals surface area contributed by atoms with Gasteiger partial charge < -0.3 is 19.5 Å². The first-order valence-corrected chi connectivity index (χ1v) is 15.2. The zero-order valence-electron chi connectivity index (χ0n) is 22.2. The molecule has 8 nitrogen and oxygen atoms in total. The van der Waals surface area contributed by atoms with Crippen molar-refractivity contribution in [1.82, 2.24) is 14.2 Å². The van der Waals surface area contributed by atoms with Crippen LogP contribution in [0.5, 0.6) is 0 Å². The number of likely N-dealkylation sites (tertiary alicyclic amines) is 1. The van der Waals surface area contributed by atoms with E-state index in [1.165, 1.54) is 12.8 Å². The number of hydrogen-bond acceptors (Lipinski definition) is 5. The zero-order chi connectivity index (χ0) is 26.2. The highest BCUT2D eigenvalue weighted by molar-refractivity contribution is 14.0. The highest BCUT2D eigenvalue weighted by Crippen LogP contribution is 2.38. The molecule has 3 aromatic rings. The molecule has 1 unspecified atom stereocenters. The first kappa shape index (κ1) is 28.4. The van der Waals surface area contributed by atoms with Crippen molar-refractivity contribution < 1.29 is 19.4 Å². The minimum absolute atomic E-state index is 0. The maximum atomic E-state index is 12.9. The smallest absolute Gasteiger partial charge is 0.243 e. The SMILES string of the molecule is I.O=CN1CCC2(CCOC2)C1.O=S(=O)(c1ccc(N2CCCC2)c(-c2cc3ccccc3[nH]2)c1)N1CCC1.[HH]. The molecule has 4 fully saturated rings. The number of nitrogens with one attached hydrogen (secondary N) is 1. The maximum Gasteiger partial charge on any atom is 0.243 e. The molecule has 0 bridgehead atoms. The molecule has 7 rings (SSSR count). The summed E-state index contributed by atoms with van der Waals surface area (Å²) >= 11 is 0. The van der Waals surface area contributed by atoms with Gasteiger partial charge in [-0.15, -0.1) is 24.0 Å². The Kier molecular flexibility index (Phi) is 8.56. The number of benzene rings is 2. The van der Waals surface area contributed by atoms with Crippen LogP contribution in [-0.2, 0) is 19.6 Å². The summed E-state index contributed by atoms with van der Waals surface area (Å²) in [7, 11) is -3.40. The molecule has 1 N–H and O–H groups in total. The lowest BCUT2D eigenvalue weighted by Gasteiger charge is -2.30. The van der Waals surface area contributed by atoms with Crippen molar-refractivity contribution >= 4 is 57.0 Å². The van der Waals surface area contributed by atoms with Crippen LogP contribution in [-0.4, -0.2) is 81.5 Å². The van der Waals surface area contributed by atoms with E-state index in [1.807, 2.05) is 29.2 Å². The summed E-state index contributed by atoms with van der Waals surface area (Å²) in [6.07, 6.45) is 6.52. The fraction of sp³-hybridized carbons (Fsp3) is 0.483. The van der Waals surface area contributed by atoms with E-state index in [-0.39, 0.29) is 25.4 Å². The van der Waals surface area contributed by atoms with E-state index in [1.54, 1.807) is 10.4 Å². The summed E-state index contributed by atoms with van der Waals surface area (Å²) in [6, 6.07) is 15.9. The normalized spacial score (nSPS) is 23.0. The third-order valence-electron chi connectivity index (χ3n) is 8.49. The van der Waals surface area contributed by atoms with Gasteiger partial charge >= 0.3 is 0 Å². The van der Waals surface area contributed by atoms with E-state index in [0.717, 1.165) is 92.9 Å². The van der Waals surface area contributed by atoms with E-state index >= 15 is 0 Å². The Morgan fingerprint density at radius 3 is 2.38 bits per heavy atom. The number of nitrogens with zero attached hydrogens (tertiary/aromatic N) is 3. The molecule has 4 aliphatic heterocycles. The van der Waals surface area contributed by atoms with Crippen LogP contribution in [0.3, 0.4) is 0 Å². The van der Waals surface area contributed by atoms with E-state index in [4.69, 9.17) is 4.74 Å². The minimum atomic E-state index is -3.40. The van der Waals surface area contributed by atoms with Crippen molar-refractivity contribution in [2.75, 3.05) is 57.4 Å². The van der Waals surface area contributed by atoms with Gasteiger partial charge in [0.2, 0.25) is 16.4 Å².